The van der Waals surface area contributed by atoms with Gasteiger partial charge in [-0.2, -0.15) is 23.4 Å². The number of nitrogen functional groups attached to an aromatic ring is 1. The van der Waals surface area contributed by atoms with Crippen LogP contribution >= 0.6 is 0 Å². The fraction of sp³-hybridized carbons (Fsp3) is 0.240. The van der Waals surface area contributed by atoms with Gasteiger partial charge in [-0.3, -0.25) is 14.3 Å². The van der Waals surface area contributed by atoms with Crippen LogP contribution in [0.3, 0.4) is 0 Å². The molecule has 5 rings (SSSR count). The van der Waals surface area contributed by atoms with Gasteiger partial charge >= 0.3 is 6.18 Å². The molecule has 10 nitrogen and oxygen atoms in total. The Hall–Kier alpha value is -4.68. The first-order valence-electron chi connectivity index (χ1n) is 11.7. The van der Waals surface area contributed by atoms with Gasteiger partial charge in [0.2, 0.25) is 0 Å². The number of para-hydroxylation sites is 1. The van der Waals surface area contributed by atoms with E-state index in [1.165, 1.54) is 11.1 Å². The molecule has 2 amide bonds. The first-order valence-corrected chi connectivity index (χ1v) is 11.7. The van der Waals surface area contributed by atoms with Crippen molar-refractivity contribution in [2.75, 3.05) is 18.8 Å². The summed E-state index contributed by atoms with van der Waals surface area (Å²) >= 11 is 0. The Morgan fingerprint density at radius 3 is 2.53 bits per heavy atom. The number of benzene rings is 1. The zero-order valence-electron chi connectivity index (χ0n) is 20.2. The number of pyridine rings is 1. The minimum atomic E-state index is -4.82. The summed E-state index contributed by atoms with van der Waals surface area (Å²) in [7, 11) is 1.76. The zero-order chi connectivity index (χ0) is 27.0. The maximum absolute atomic E-state index is 13.7. The lowest BCUT2D eigenvalue weighted by molar-refractivity contribution is -0.141. The van der Waals surface area contributed by atoms with Crippen molar-refractivity contribution in [1.82, 2.24) is 34.8 Å². The summed E-state index contributed by atoms with van der Waals surface area (Å²) in [5.41, 5.74) is 6.07. The van der Waals surface area contributed by atoms with Gasteiger partial charge in [0.25, 0.3) is 11.8 Å². The number of nitrogens with two attached hydrogens (primary N) is 1. The Morgan fingerprint density at radius 2 is 1.84 bits per heavy atom. The summed E-state index contributed by atoms with van der Waals surface area (Å²) in [4.78, 5) is 31.5. The van der Waals surface area contributed by atoms with E-state index in [0.29, 0.717) is 17.7 Å². The summed E-state index contributed by atoms with van der Waals surface area (Å²) < 4.78 is 43.8. The summed E-state index contributed by atoms with van der Waals surface area (Å²) in [6.45, 7) is 0.203. The Balaban J connectivity index is 1.31. The van der Waals surface area contributed by atoms with Crippen LogP contribution in [-0.2, 0) is 13.2 Å². The molecule has 4 aromatic rings. The predicted molar refractivity (Wildman–Crippen MR) is 131 cm³/mol. The van der Waals surface area contributed by atoms with Gasteiger partial charge < -0.3 is 16.0 Å². The molecule has 1 atom stereocenters. The number of hydrogen-bond acceptors (Lipinski definition) is 6. The molecule has 196 valence electrons. The molecule has 0 radical (unpaired) electrons. The second-order valence-electron chi connectivity index (χ2n) is 8.94. The first kappa shape index (κ1) is 25.0. The summed E-state index contributed by atoms with van der Waals surface area (Å²) in [6.07, 6.45) is 1.56. The highest BCUT2D eigenvalue weighted by Crippen LogP contribution is 2.32. The van der Waals surface area contributed by atoms with Crippen LogP contribution in [-0.4, -0.2) is 60.4 Å². The standard InChI is InChI=1S/C25H23F3N8O2/c1-34-12-16(11-31-34)15-9-19(22(29)30-10-15)23(37)32-17-7-8-35(13-17)24(38)20-14-36(18-5-3-2-4-6-18)33-21(20)25(26,27)28/h2-6,9-12,14,17H,7-8,13H2,1H3,(H2,29,30)(H,32,37)/t17-/m1/s1. The second-order valence-corrected chi connectivity index (χ2v) is 8.94. The van der Waals surface area contributed by atoms with E-state index in [1.54, 1.807) is 60.5 Å². The van der Waals surface area contributed by atoms with E-state index in [4.69, 9.17) is 5.73 Å². The maximum atomic E-state index is 13.7. The van der Waals surface area contributed by atoms with Crippen LogP contribution in [0.25, 0.3) is 16.8 Å². The number of nitrogens with one attached hydrogen (secondary N) is 1. The number of aromatic nitrogens is 5. The van der Waals surface area contributed by atoms with Crippen molar-refractivity contribution in [2.24, 2.45) is 7.05 Å². The summed E-state index contributed by atoms with van der Waals surface area (Å²) in [5, 5.41) is 10.6. The molecule has 1 aliphatic heterocycles. The third-order valence-electron chi connectivity index (χ3n) is 6.25. The van der Waals surface area contributed by atoms with Crippen LogP contribution in [0.15, 0.2) is 61.2 Å². The number of aryl methyl sites for hydroxylation is 1. The Bertz CT molecular complexity index is 1500. The normalized spacial score (nSPS) is 15.6. The van der Waals surface area contributed by atoms with Gasteiger partial charge in [0.1, 0.15) is 5.82 Å². The van der Waals surface area contributed by atoms with Gasteiger partial charge in [0.05, 0.1) is 23.0 Å². The average Bonchev–Trinajstić information content (AvgIpc) is 3.64. The molecule has 0 aliphatic carbocycles. The molecular weight excluding hydrogens is 501 g/mol. The molecule has 0 unspecified atom stereocenters. The van der Waals surface area contributed by atoms with Crippen LogP contribution in [0.2, 0.25) is 0 Å². The monoisotopic (exact) mass is 524 g/mol. The lowest BCUT2D eigenvalue weighted by atomic mass is 10.1. The molecule has 4 heterocycles. The molecule has 38 heavy (non-hydrogen) atoms. The lowest BCUT2D eigenvalue weighted by Gasteiger charge is -2.18. The van der Waals surface area contributed by atoms with E-state index in [9.17, 15) is 22.8 Å². The van der Waals surface area contributed by atoms with Crippen molar-refractivity contribution in [3.63, 3.8) is 0 Å². The van der Waals surface area contributed by atoms with Crippen LogP contribution in [0.5, 0.6) is 0 Å². The number of carbonyl (C=O) groups is 2. The molecule has 13 heteroatoms. The highest BCUT2D eigenvalue weighted by Gasteiger charge is 2.41. The number of nitrogens with zero attached hydrogens (tertiary/aromatic N) is 6. The minimum absolute atomic E-state index is 0.0317. The molecule has 0 bridgehead atoms. The average molecular weight is 525 g/mol. The molecule has 0 spiro atoms. The third kappa shape index (κ3) is 4.94. The molecule has 3 N–H and O–H groups in total. The Kier molecular flexibility index (Phi) is 6.35. The van der Waals surface area contributed by atoms with E-state index in [-0.39, 0.29) is 24.5 Å². The highest BCUT2D eigenvalue weighted by molar-refractivity contribution is 6.00. The summed E-state index contributed by atoms with van der Waals surface area (Å²) in [6, 6.07) is 9.34. The predicted octanol–water partition coefficient (Wildman–Crippen LogP) is 2.91. The van der Waals surface area contributed by atoms with Gasteiger partial charge in [-0.15, -0.1) is 0 Å². The molecule has 1 aromatic carbocycles. The smallest absolute Gasteiger partial charge is 0.383 e. The van der Waals surface area contributed by atoms with Gasteiger partial charge in [-0.1, -0.05) is 18.2 Å². The van der Waals surface area contributed by atoms with Gasteiger partial charge in [-0.05, 0) is 24.6 Å². The highest BCUT2D eigenvalue weighted by atomic mass is 19.4. The SMILES string of the molecule is Cn1cc(-c2cnc(N)c(C(=O)N[C@@H]3CCN(C(=O)c4cn(-c5ccccc5)nc4C(F)(F)F)C3)c2)cn1. The van der Waals surface area contributed by atoms with Crippen molar-refractivity contribution in [3.8, 4) is 16.8 Å². The van der Waals surface area contributed by atoms with Crippen molar-refractivity contribution >= 4 is 17.6 Å². The van der Waals surface area contributed by atoms with E-state index >= 15 is 0 Å². The van der Waals surface area contributed by atoms with Crippen molar-refractivity contribution in [3.05, 3.63) is 78.0 Å². The van der Waals surface area contributed by atoms with Gasteiger partial charge in [0, 0.05) is 55.9 Å². The van der Waals surface area contributed by atoms with Gasteiger partial charge in [0.15, 0.2) is 5.69 Å². The third-order valence-corrected chi connectivity index (χ3v) is 6.25. The number of alkyl halides is 3. The number of rotatable bonds is 5. The van der Waals surface area contributed by atoms with Gasteiger partial charge in [-0.25, -0.2) is 9.67 Å². The van der Waals surface area contributed by atoms with Crippen LogP contribution in [0.1, 0.15) is 32.8 Å². The maximum Gasteiger partial charge on any atom is 0.435 e. The molecule has 1 fully saturated rings. The van der Waals surface area contributed by atoms with E-state index < -0.39 is 35.3 Å². The van der Waals surface area contributed by atoms with Crippen LogP contribution in [0.4, 0.5) is 19.0 Å². The molecule has 1 saturated heterocycles. The molecule has 1 aliphatic rings. The number of carbonyl (C=O) groups excluding carboxylic acids is 2. The fourth-order valence-electron chi connectivity index (χ4n) is 4.33. The number of amides is 2. The van der Waals surface area contributed by atoms with E-state index in [0.717, 1.165) is 16.4 Å². The van der Waals surface area contributed by atoms with Crippen molar-refractivity contribution in [1.29, 1.82) is 0 Å². The second kappa shape index (κ2) is 9.65. The zero-order valence-corrected chi connectivity index (χ0v) is 20.2. The first-order chi connectivity index (χ1) is 18.1. The van der Waals surface area contributed by atoms with Crippen molar-refractivity contribution < 1.29 is 22.8 Å². The minimum Gasteiger partial charge on any atom is -0.383 e. The largest absolute Gasteiger partial charge is 0.435 e. The van der Waals surface area contributed by atoms with Crippen LogP contribution < -0.4 is 11.1 Å². The molecular formula is C25H23F3N8O2. The Morgan fingerprint density at radius 1 is 1.08 bits per heavy atom. The number of halogens is 3. The quantitative estimate of drug-likeness (QED) is 0.414. The van der Waals surface area contributed by atoms with E-state index in [1.807, 2.05) is 0 Å². The topological polar surface area (TPSA) is 124 Å². The van der Waals surface area contributed by atoms with Crippen LogP contribution in [0, 0.1) is 0 Å². The van der Waals surface area contributed by atoms with E-state index in [2.05, 4.69) is 20.5 Å². The lowest BCUT2D eigenvalue weighted by Crippen LogP contribution is -2.39. The number of hydrogen-bond donors (Lipinski definition) is 2. The molecule has 0 saturated carbocycles. The summed E-state index contributed by atoms with van der Waals surface area (Å²) in [5.74, 6) is -1.27. The number of anilines is 1. The van der Waals surface area contributed by atoms with Crippen molar-refractivity contribution in [2.45, 2.75) is 18.6 Å². The Labute approximate surface area is 214 Å². The fourth-order valence-corrected chi connectivity index (χ4v) is 4.33. The number of likely N-dealkylation sites (tertiary alicyclic amines) is 1. The molecule has 3 aromatic heterocycles.